The molecule has 0 spiro atoms. The third-order valence-electron chi connectivity index (χ3n) is 5.76. The minimum atomic E-state index is -3.55. The highest BCUT2D eigenvalue weighted by molar-refractivity contribution is 7.89. The number of rotatable bonds is 6. The number of sulfonamides is 1. The molecule has 12 heteroatoms. The number of hydrogen-bond acceptors (Lipinski definition) is 9. The highest BCUT2D eigenvalue weighted by Gasteiger charge is 2.31. The number of aryl methyl sites for hydroxylation is 1. The molecule has 11 nitrogen and oxygen atoms in total. The van der Waals surface area contributed by atoms with Gasteiger partial charge in [-0.3, -0.25) is 4.68 Å². The van der Waals surface area contributed by atoms with Gasteiger partial charge in [0.25, 0.3) is 0 Å². The molecule has 0 radical (unpaired) electrons. The molecule has 166 valence electrons. The van der Waals surface area contributed by atoms with Crippen LogP contribution in [-0.4, -0.2) is 68.9 Å². The molecule has 2 aromatic rings. The standard InChI is InChI=1S/C19H26N8O3S/c1-26-12-17(11-22-26)31(29,30)27-6-4-14(5-7-27)24-19-21-10-13(9-20)18(25-19)23-15-2-3-16(28)8-15/h10-12,14-16,28H,2-8H2,1H3,(H2,21,23,24,25)/t15-,16-/m0/s1. The average molecular weight is 447 g/mol. The van der Waals surface area contributed by atoms with Crippen molar-refractivity contribution in [3.8, 4) is 6.07 Å². The first-order chi connectivity index (χ1) is 14.8. The van der Waals surface area contributed by atoms with Crippen molar-refractivity contribution in [3.63, 3.8) is 0 Å². The Hall–Kier alpha value is -2.75. The first kappa shape index (κ1) is 21.5. The molecule has 2 fully saturated rings. The second-order valence-corrected chi connectivity index (χ2v) is 9.99. The summed E-state index contributed by atoms with van der Waals surface area (Å²) in [6, 6.07) is 2.19. The molecular weight excluding hydrogens is 420 g/mol. The number of hydrogen-bond donors (Lipinski definition) is 3. The van der Waals surface area contributed by atoms with Gasteiger partial charge in [0.1, 0.15) is 22.3 Å². The monoisotopic (exact) mass is 446 g/mol. The van der Waals surface area contributed by atoms with Crippen LogP contribution in [0.25, 0.3) is 0 Å². The van der Waals surface area contributed by atoms with Crippen LogP contribution in [0.5, 0.6) is 0 Å². The Bertz CT molecular complexity index is 1070. The molecule has 31 heavy (non-hydrogen) atoms. The SMILES string of the molecule is Cn1cc(S(=O)(=O)N2CCC(Nc3ncc(C#N)c(N[C@H]4CC[C@H](O)C4)n3)CC2)cn1. The van der Waals surface area contributed by atoms with Gasteiger partial charge in [0.2, 0.25) is 16.0 Å². The summed E-state index contributed by atoms with van der Waals surface area (Å²) in [5, 5.41) is 29.5. The Labute approximate surface area is 181 Å². The second kappa shape index (κ2) is 8.78. The van der Waals surface area contributed by atoms with Crippen LogP contribution in [0.15, 0.2) is 23.5 Å². The van der Waals surface area contributed by atoms with Crippen LogP contribution >= 0.6 is 0 Å². The van der Waals surface area contributed by atoms with Crippen molar-refractivity contribution >= 4 is 21.8 Å². The van der Waals surface area contributed by atoms with E-state index in [0.29, 0.717) is 49.7 Å². The summed E-state index contributed by atoms with van der Waals surface area (Å²) in [5.41, 5.74) is 0.351. The fourth-order valence-electron chi connectivity index (χ4n) is 4.03. The van der Waals surface area contributed by atoms with Gasteiger partial charge in [-0.15, -0.1) is 0 Å². The largest absolute Gasteiger partial charge is 0.393 e. The number of nitriles is 1. The zero-order valence-corrected chi connectivity index (χ0v) is 18.1. The Morgan fingerprint density at radius 1 is 1.16 bits per heavy atom. The van der Waals surface area contributed by atoms with Gasteiger partial charge < -0.3 is 15.7 Å². The Morgan fingerprint density at radius 3 is 2.55 bits per heavy atom. The van der Waals surface area contributed by atoms with Crippen molar-refractivity contribution in [2.45, 2.75) is 55.2 Å². The lowest BCUT2D eigenvalue weighted by Crippen LogP contribution is -2.42. The number of nitrogens with zero attached hydrogens (tertiary/aromatic N) is 6. The van der Waals surface area contributed by atoms with Crippen molar-refractivity contribution in [3.05, 3.63) is 24.2 Å². The quantitative estimate of drug-likeness (QED) is 0.582. The molecule has 0 unspecified atom stereocenters. The Morgan fingerprint density at radius 2 is 1.94 bits per heavy atom. The number of nitrogens with one attached hydrogen (secondary N) is 2. The zero-order valence-electron chi connectivity index (χ0n) is 17.3. The Balaban J connectivity index is 1.38. The third-order valence-corrected chi connectivity index (χ3v) is 7.61. The van der Waals surface area contributed by atoms with Crippen molar-refractivity contribution < 1.29 is 13.5 Å². The van der Waals surface area contributed by atoms with Crippen LogP contribution in [-0.2, 0) is 17.1 Å². The van der Waals surface area contributed by atoms with Crippen LogP contribution < -0.4 is 10.6 Å². The number of aliphatic hydroxyl groups is 1. The fourth-order valence-corrected chi connectivity index (χ4v) is 5.49. The van der Waals surface area contributed by atoms with Gasteiger partial charge in [0.15, 0.2) is 0 Å². The second-order valence-electron chi connectivity index (χ2n) is 8.05. The molecule has 1 saturated heterocycles. The normalized spacial score (nSPS) is 22.9. The van der Waals surface area contributed by atoms with E-state index < -0.39 is 10.0 Å². The maximum atomic E-state index is 12.7. The number of aliphatic hydroxyl groups excluding tert-OH is 1. The average Bonchev–Trinajstić information content (AvgIpc) is 3.37. The van der Waals surface area contributed by atoms with E-state index >= 15 is 0 Å². The van der Waals surface area contributed by atoms with Gasteiger partial charge in [-0.25, -0.2) is 13.4 Å². The van der Waals surface area contributed by atoms with E-state index in [1.807, 2.05) is 0 Å². The first-order valence-electron chi connectivity index (χ1n) is 10.3. The van der Waals surface area contributed by atoms with Gasteiger partial charge in [-0.2, -0.15) is 19.6 Å². The molecule has 0 amide bonds. The van der Waals surface area contributed by atoms with Crippen LogP contribution in [0, 0.1) is 11.3 Å². The minimum Gasteiger partial charge on any atom is -0.393 e. The van der Waals surface area contributed by atoms with Crippen LogP contribution in [0.4, 0.5) is 11.8 Å². The van der Waals surface area contributed by atoms with Crippen LogP contribution in [0.3, 0.4) is 0 Å². The maximum absolute atomic E-state index is 12.7. The van der Waals surface area contributed by atoms with Crippen molar-refractivity contribution in [1.82, 2.24) is 24.1 Å². The molecule has 3 N–H and O–H groups in total. The molecule has 2 aliphatic rings. The van der Waals surface area contributed by atoms with E-state index in [-0.39, 0.29) is 23.1 Å². The van der Waals surface area contributed by atoms with E-state index in [2.05, 4.69) is 31.8 Å². The van der Waals surface area contributed by atoms with Crippen LogP contribution in [0.2, 0.25) is 0 Å². The highest BCUT2D eigenvalue weighted by atomic mass is 32.2. The molecule has 4 rings (SSSR count). The molecule has 0 bridgehead atoms. The van der Waals surface area contributed by atoms with Gasteiger partial charge >= 0.3 is 0 Å². The zero-order chi connectivity index (χ0) is 22.0. The summed E-state index contributed by atoms with van der Waals surface area (Å²) in [4.78, 5) is 8.90. The van der Waals surface area contributed by atoms with Gasteiger partial charge in [-0.05, 0) is 32.1 Å². The molecule has 0 aromatic carbocycles. The lowest BCUT2D eigenvalue weighted by Gasteiger charge is -2.31. The lowest BCUT2D eigenvalue weighted by atomic mass is 10.1. The summed E-state index contributed by atoms with van der Waals surface area (Å²) in [7, 11) is -1.86. The van der Waals surface area contributed by atoms with E-state index in [1.165, 1.54) is 27.6 Å². The summed E-state index contributed by atoms with van der Waals surface area (Å²) in [6.07, 6.45) is 7.42. The summed E-state index contributed by atoms with van der Waals surface area (Å²) >= 11 is 0. The fraction of sp³-hybridized carbons (Fsp3) is 0.579. The molecule has 3 heterocycles. The first-order valence-corrected chi connectivity index (χ1v) is 11.8. The maximum Gasteiger partial charge on any atom is 0.246 e. The third kappa shape index (κ3) is 4.79. The van der Waals surface area contributed by atoms with Gasteiger partial charge in [0.05, 0.1) is 18.5 Å². The Kier molecular flexibility index (Phi) is 6.08. The van der Waals surface area contributed by atoms with Gasteiger partial charge in [0, 0.05) is 38.4 Å². The number of aromatic nitrogens is 4. The minimum absolute atomic E-state index is 0.0226. The molecule has 1 aliphatic heterocycles. The van der Waals surface area contributed by atoms with Crippen molar-refractivity contribution in [2.75, 3.05) is 23.7 Å². The predicted molar refractivity (Wildman–Crippen MR) is 113 cm³/mol. The molecular formula is C19H26N8O3S. The summed E-state index contributed by atoms with van der Waals surface area (Å²) in [5.74, 6) is 0.851. The predicted octanol–water partition coefficient (Wildman–Crippen LogP) is 0.672. The van der Waals surface area contributed by atoms with E-state index in [4.69, 9.17) is 0 Å². The topological polar surface area (TPSA) is 149 Å². The summed E-state index contributed by atoms with van der Waals surface area (Å²) < 4.78 is 28.4. The molecule has 2 atom stereocenters. The molecule has 2 aromatic heterocycles. The molecule has 1 saturated carbocycles. The van der Waals surface area contributed by atoms with E-state index in [9.17, 15) is 18.8 Å². The van der Waals surface area contributed by atoms with Crippen LogP contribution in [0.1, 0.15) is 37.7 Å². The summed E-state index contributed by atoms with van der Waals surface area (Å²) in [6.45, 7) is 0.770. The number of piperidine rings is 1. The molecule has 1 aliphatic carbocycles. The van der Waals surface area contributed by atoms with Crippen molar-refractivity contribution in [1.29, 1.82) is 5.26 Å². The number of anilines is 2. The van der Waals surface area contributed by atoms with Gasteiger partial charge in [-0.1, -0.05) is 0 Å². The smallest absolute Gasteiger partial charge is 0.246 e. The van der Waals surface area contributed by atoms with E-state index in [1.54, 1.807) is 7.05 Å². The highest BCUT2D eigenvalue weighted by Crippen LogP contribution is 2.25. The lowest BCUT2D eigenvalue weighted by molar-refractivity contribution is 0.182. The van der Waals surface area contributed by atoms with E-state index in [0.717, 1.165) is 12.8 Å². The van der Waals surface area contributed by atoms with Crippen molar-refractivity contribution in [2.24, 2.45) is 7.05 Å².